The summed E-state index contributed by atoms with van der Waals surface area (Å²) in [5.74, 6) is 0. The van der Waals surface area contributed by atoms with Crippen LogP contribution in [0.25, 0.3) is 0 Å². The van der Waals surface area contributed by atoms with Crippen LogP contribution in [0.1, 0.15) is 6.42 Å². The van der Waals surface area contributed by atoms with E-state index in [0.717, 1.165) is 13.1 Å². The molecule has 0 aromatic heterocycles. The first kappa shape index (κ1) is 7.06. The van der Waals surface area contributed by atoms with Crippen molar-refractivity contribution in [1.82, 2.24) is 10.5 Å². The molecule has 1 aliphatic rings. The lowest BCUT2D eigenvalue weighted by Gasteiger charge is -2.06. The highest BCUT2D eigenvalue weighted by Gasteiger charge is 2.12. The summed E-state index contributed by atoms with van der Waals surface area (Å²) < 4.78 is 4.74. The smallest absolute Gasteiger partial charge is 0.395 e. The van der Waals surface area contributed by atoms with Gasteiger partial charge in [0.05, 0.1) is 0 Å². The summed E-state index contributed by atoms with van der Waals surface area (Å²) in [7, 11) is 3.28. The van der Waals surface area contributed by atoms with Gasteiger partial charge in [-0.1, -0.05) is 0 Å². The highest BCUT2D eigenvalue weighted by Crippen LogP contribution is 1.94. The SMILES string of the molecule is CO[B]NC1CCNC1. The van der Waals surface area contributed by atoms with Crippen LogP contribution in [0.2, 0.25) is 0 Å². The van der Waals surface area contributed by atoms with Gasteiger partial charge in [0.15, 0.2) is 0 Å². The van der Waals surface area contributed by atoms with E-state index in [0.29, 0.717) is 6.04 Å². The molecule has 0 aromatic carbocycles. The van der Waals surface area contributed by atoms with Crippen LogP contribution in [-0.4, -0.2) is 33.9 Å². The molecule has 4 heteroatoms. The van der Waals surface area contributed by atoms with Crippen molar-refractivity contribution in [3.63, 3.8) is 0 Å². The Bertz CT molecular complexity index is 75.4. The molecule has 0 amide bonds. The molecule has 1 radical (unpaired) electrons. The Morgan fingerprint density at radius 3 is 3.22 bits per heavy atom. The fourth-order valence-electron chi connectivity index (χ4n) is 0.961. The van der Waals surface area contributed by atoms with E-state index < -0.39 is 0 Å². The molecule has 1 aliphatic heterocycles. The van der Waals surface area contributed by atoms with Gasteiger partial charge >= 0.3 is 7.62 Å². The molecule has 1 heterocycles. The molecule has 1 saturated heterocycles. The summed E-state index contributed by atoms with van der Waals surface area (Å²) in [6.07, 6.45) is 1.19. The van der Waals surface area contributed by atoms with Gasteiger partial charge in [0, 0.05) is 19.7 Å². The molecule has 9 heavy (non-hydrogen) atoms. The molecule has 0 bridgehead atoms. The minimum Gasteiger partial charge on any atom is -0.427 e. The van der Waals surface area contributed by atoms with E-state index >= 15 is 0 Å². The number of rotatable bonds is 3. The number of hydrogen-bond acceptors (Lipinski definition) is 3. The highest BCUT2D eigenvalue weighted by molar-refractivity contribution is 6.23. The van der Waals surface area contributed by atoms with Crippen molar-refractivity contribution in [2.24, 2.45) is 0 Å². The zero-order valence-corrected chi connectivity index (χ0v) is 5.68. The van der Waals surface area contributed by atoms with Gasteiger partial charge in [0.25, 0.3) is 0 Å². The summed E-state index contributed by atoms with van der Waals surface area (Å²) >= 11 is 0. The fourth-order valence-corrected chi connectivity index (χ4v) is 0.961. The van der Waals surface area contributed by atoms with E-state index in [4.69, 9.17) is 4.65 Å². The summed E-state index contributed by atoms with van der Waals surface area (Å²) in [6, 6.07) is 0.574. The van der Waals surface area contributed by atoms with Crippen LogP contribution < -0.4 is 10.5 Å². The minimum absolute atomic E-state index is 0.574. The van der Waals surface area contributed by atoms with E-state index in [1.54, 1.807) is 14.7 Å². The first-order valence-electron chi connectivity index (χ1n) is 3.24. The largest absolute Gasteiger partial charge is 0.427 e. The van der Waals surface area contributed by atoms with Gasteiger partial charge in [-0.2, -0.15) is 0 Å². The van der Waals surface area contributed by atoms with Crippen molar-refractivity contribution in [3.8, 4) is 0 Å². The van der Waals surface area contributed by atoms with Gasteiger partial charge in [-0.15, -0.1) is 0 Å². The van der Waals surface area contributed by atoms with Gasteiger partial charge in [0.2, 0.25) is 0 Å². The van der Waals surface area contributed by atoms with Crippen LogP contribution in [0.3, 0.4) is 0 Å². The maximum absolute atomic E-state index is 4.74. The Morgan fingerprint density at radius 1 is 1.78 bits per heavy atom. The molecule has 0 spiro atoms. The summed E-state index contributed by atoms with van der Waals surface area (Å²) in [4.78, 5) is 0. The lowest BCUT2D eigenvalue weighted by atomic mass is 10.1. The highest BCUT2D eigenvalue weighted by atomic mass is 16.4. The molecule has 1 atom stereocenters. The molecular formula is C5H12BN2O. The molecule has 1 fully saturated rings. The van der Waals surface area contributed by atoms with E-state index in [9.17, 15) is 0 Å². The van der Waals surface area contributed by atoms with Crippen molar-refractivity contribution < 1.29 is 4.65 Å². The normalized spacial score (nSPS) is 26.6. The predicted octanol–water partition coefficient (Wildman–Crippen LogP) is -0.881. The van der Waals surface area contributed by atoms with Gasteiger partial charge in [-0.3, -0.25) is 0 Å². The van der Waals surface area contributed by atoms with Gasteiger partial charge in [-0.25, -0.2) is 0 Å². The van der Waals surface area contributed by atoms with Crippen molar-refractivity contribution >= 4 is 7.62 Å². The van der Waals surface area contributed by atoms with Crippen LogP contribution in [0.15, 0.2) is 0 Å². The van der Waals surface area contributed by atoms with Gasteiger partial charge < -0.3 is 15.2 Å². The quantitative estimate of drug-likeness (QED) is 0.483. The summed E-state index contributed by atoms with van der Waals surface area (Å²) in [5, 5.41) is 6.36. The Balaban J connectivity index is 1.98. The van der Waals surface area contributed by atoms with Crippen LogP contribution in [0, 0.1) is 0 Å². The third-order valence-electron chi connectivity index (χ3n) is 1.48. The van der Waals surface area contributed by atoms with Crippen LogP contribution in [0.5, 0.6) is 0 Å². The predicted molar refractivity (Wildman–Crippen MR) is 37.2 cm³/mol. The van der Waals surface area contributed by atoms with E-state index in [1.807, 2.05) is 0 Å². The second-order valence-corrected chi connectivity index (χ2v) is 2.21. The monoisotopic (exact) mass is 127 g/mol. The molecular weight excluding hydrogens is 115 g/mol. The second-order valence-electron chi connectivity index (χ2n) is 2.21. The Hall–Kier alpha value is -0.0551. The maximum Gasteiger partial charge on any atom is 0.395 e. The maximum atomic E-state index is 4.74. The van der Waals surface area contributed by atoms with Crippen molar-refractivity contribution in [3.05, 3.63) is 0 Å². The fraction of sp³-hybridized carbons (Fsp3) is 1.00. The Kier molecular flexibility index (Phi) is 3.04. The zero-order chi connectivity index (χ0) is 6.53. The van der Waals surface area contributed by atoms with E-state index in [2.05, 4.69) is 10.5 Å². The molecule has 3 nitrogen and oxygen atoms in total. The first-order chi connectivity index (χ1) is 4.43. The standard InChI is InChI=1S/C5H12BN2O/c1-9-6-8-5-2-3-7-4-5/h5,7-8H,2-4H2,1H3. The third kappa shape index (κ3) is 2.34. The molecule has 0 aromatic rings. The van der Waals surface area contributed by atoms with Gasteiger partial charge in [-0.05, 0) is 13.0 Å². The molecule has 51 valence electrons. The molecule has 0 aliphatic carbocycles. The van der Waals surface area contributed by atoms with Crippen molar-refractivity contribution in [1.29, 1.82) is 0 Å². The zero-order valence-electron chi connectivity index (χ0n) is 5.68. The Morgan fingerprint density at radius 2 is 2.67 bits per heavy atom. The van der Waals surface area contributed by atoms with Crippen LogP contribution in [-0.2, 0) is 4.65 Å². The summed E-state index contributed by atoms with van der Waals surface area (Å²) in [5.41, 5.74) is 0. The topological polar surface area (TPSA) is 33.3 Å². The number of nitrogens with one attached hydrogen (secondary N) is 2. The van der Waals surface area contributed by atoms with Crippen molar-refractivity contribution in [2.75, 3.05) is 20.2 Å². The lowest BCUT2D eigenvalue weighted by Crippen LogP contribution is -2.34. The van der Waals surface area contributed by atoms with Crippen LogP contribution >= 0.6 is 0 Å². The molecule has 1 unspecified atom stereocenters. The molecule has 2 N–H and O–H groups in total. The molecule has 1 rings (SSSR count). The van der Waals surface area contributed by atoms with E-state index in [1.165, 1.54) is 6.42 Å². The van der Waals surface area contributed by atoms with Gasteiger partial charge in [0.1, 0.15) is 0 Å². The summed E-state index contributed by atoms with van der Waals surface area (Å²) in [6.45, 7) is 2.18. The Labute approximate surface area is 56.5 Å². The number of hydrogen-bond donors (Lipinski definition) is 2. The van der Waals surface area contributed by atoms with Crippen LogP contribution in [0.4, 0.5) is 0 Å². The average Bonchev–Trinajstić information content (AvgIpc) is 2.34. The second kappa shape index (κ2) is 3.87. The lowest BCUT2D eigenvalue weighted by molar-refractivity contribution is 0.422. The third-order valence-corrected chi connectivity index (χ3v) is 1.48. The average molecular weight is 127 g/mol. The minimum atomic E-state index is 0.574. The molecule has 0 saturated carbocycles. The first-order valence-corrected chi connectivity index (χ1v) is 3.24. The van der Waals surface area contributed by atoms with E-state index in [-0.39, 0.29) is 0 Å². The van der Waals surface area contributed by atoms with Crippen molar-refractivity contribution in [2.45, 2.75) is 12.5 Å².